The van der Waals surface area contributed by atoms with E-state index in [9.17, 15) is 9.59 Å². The van der Waals surface area contributed by atoms with Crippen LogP contribution >= 0.6 is 0 Å². The summed E-state index contributed by atoms with van der Waals surface area (Å²) in [6.07, 6.45) is 5.43. The Balaban J connectivity index is 1.95. The van der Waals surface area contributed by atoms with Crippen LogP contribution in [0.4, 0.5) is 4.79 Å². The van der Waals surface area contributed by atoms with Gasteiger partial charge in [-0.1, -0.05) is 6.92 Å². The predicted molar refractivity (Wildman–Crippen MR) is 72.1 cm³/mol. The van der Waals surface area contributed by atoms with Crippen LogP contribution in [-0.4, -0.2) is 45.1 Å². The summed E-state index contributed by atoms with van der Waals surface area (Å²) in [5, 5.41) is 11.9. The Bertz CT molecular complexity index is 460. The summed E-state index contributed by atoms with van der Waals surface area (Å²) in [4.78, 5) is 31.9. The van der Waals surface area contributed by atoms with Crippen LogP contribution in [0.25, 0.3) is 0 Å². The lowest BCUT2D eigenvalue weighted by Gasteiger charge is -2.31. The quantitative estimate of drug-likeness (QED) is 0.775. The Hall–Kier alpha value is -2.05. The van der Waals surface area contributed by atoms with E-state index in [0.717, 1.165) is 12.8 Å². The normalized spacial score (nSPS) is 20.4. The molecule has 3 N–H and O–H groups in total. The molecule has 0 saturated carbocycles. The number of rotatable bonds is 4. The van der Waals surface area contributed by atoms with E-state index in [-0.39, 0.29) is 18.6 Å². The van der Waals surface area contributed by atoms with Crippen LogP contribution < -0.4 is 5.32 Å². The molecule has 0 spiro atoms. The van der Waals surface area contributed by atoms with Crippen LogP contribution in [-0.2, 0) is 4.79 Å². The fourth-order valence-corrected chi connectivity index (χ4v) is 2.44. The van der Waals surface area contributed by atoms with Gasteiger partial charge in [0.2, 0.25) is 0 Å². The maximum Gasteiger partial charge on any atom is 0.318 e. The summed E-state index contributed by atoms with van der Waals surface area (Å²) in [5.41, 5.74) is 0. The van der Waals surface area contributed by atoms with Crippen LogP contribution in [0.15, 0.2) is 12.4 Å². The van der Waals surface area contributed by atoms with Gasteiger partial charge in [-0.15, -0.1) is 0 Å². The summed E-state index contributed by atoms with van der Waals surface area (Å²) in [7, 11) is 0. The molecular formula is C13H20N4O3. The van der Waals surface area contributed by atoms with Crippen LogP contribution in [0.2, 0.25) is 0 Å². The third kappa shape index (κ3) is 3.28. The van der Waals surface area contributed by atoms with Crippen molar-refractivity contribution in [3.05, 3.63) is 18.2 Å². The van der Waals surface area contributed by atoms with Gasteiger partial charge in [0.25, 0.3) is 0 Å². The van der Waals surface area contributed by atoms with Gasteiger partial charge < -0.3 is 20.3 Å². The molecule has 110 valence electrons. The van der Waals surface area contributed by atoms with E-state index >= 15 is 0 Å². The molecule has 2 rings (SSSR count). The van der Waals surface area contributed by atoms with Crippen molar-refractivity contribution in [2.75, 3.05) is 13.1 Å². The minimum atomic E-state index is -0.833. The Morgan fingerprint density at radius 2 is 2.45 bits per heavy atom. The van der Waals surface area contributed by atoms with Crippen LogP contribution in [0.5, 0.6) is 0 Å². The average Bonchev–Trinajstić information content (AvgIpc) is 2.98. The standard InChI is InChI=1S/C13H20N4O3/c1-2-10(11-14-5-6-15-11)16-13(20)17-7-3-4-9(8-17)12(18)19/h5-6,9-10H,2-4,7-8H2,1H3,(H,14,15)(H,16,20)(H,18,19). The second kappa shape index (κ2) is 6.40. The highest BCUT2D eigenvalue weighted by molar-refractivity contribution is 5.76. The zero-order valence-corrected chi connectivity index (χ0v) is 11.5. The molecule has 0 radical (unpaired) electrons. The number of hydrogen-bond acceptors (Lipinski definition) is 3. The number of hydrogen-bond donors (Lipinski definition) is 3. The molecule has 0 bridgehead atoms. The molecule has 7 heteroatoms. The molecule has 1 aliphatic heterocycles. The third-order valence-corrected chi connectivity index (χ3v) is 3.61. The summed E-state index contributed by atoms with van der Waals surface area (Å²) in [6.45, 7) is 2.84. The van der Waals surface area contributed by atoms with Crippen LogP contribution in [0, 0.1) is 5.92 Å². The molecule has 7 nitrogen and oxygen atoms in total. The molecule has 0 aliphatic carbocycles. The molecule has 20 heavy (non-hydrogen) atoms. The van der Waals surface area contributed by atoms with Crippen LogP contribution in [0.3, 0.4) is 0 Å². The number of amides is 2. The number of aromatic amines is 1. The molecular weight excluding hydrogens is 260 g/mol. The zero-order chi connectivity index (χ0) is 14.5. The minimum Gasteiger partial charge on any atom is -0.481 e. The SMILES string of the molecule is CCC(NC(=O)N1CCCC(C(=O)O)C1)c1ncc[nH]1. The Morgan fingerprint density at radius 1 is 1.65 bits per heavy atom. The summed E-state index contributed by atoms with van der Waals surface area (Å²) in [5.74, 6) is -0.577. The number of likely N-dealkylation sites (tertiary alicyclic amines) is 1. The topological polar surface area (TPSA) is 98.3 Å². The smallest absolute Gasteiger partial charge is 0.318 e. The van der Waals surface area contributed by atoms with Gasteiger partial charge in [-0.3, -0.25) is 4.79 Å². The molecule has 1 aromatic rings. The first-order valence-electron chi connectivity index (χ1n) is 6.89. The number of carbonyl (C=O) groups is 2. The van der Waals surface area contributed by atoms with Gasteiger partial charge in [0.05, 0.1) is 12.0 Å². The number of carboxylic acid groups (broad SMARTS) is 1. The predicted octanol–water partition coefficient (Wildman–Crippen LogP) is 1.37. The highest BCUT2D eigenvalue weighted by Crippen LogP contribution is 2.18. The number of urea groups is 1. The second-order valence-corrected chi connectivity index (χ2v) is 5.01. The van der Waals surface area contributed by atoms with Gasteiger partial charge in [-0.2, -0.15) is 0 Å². The Morgan fingerprint density at radius 3 is 3.05 bits per heavy atom. The lowest BCUT2D eigenvalue weighted by atomic mass is 9.99. The molecule has 2 heterocycles. The molecule has 1 saturated heterocycles. The van der Waals surface area contributed by atoms with Crippen molar-refractivity contribution in [3.8, 4) is 0 Å². The fourth-order valence-electron chi connectivity index (χ4n) is 2.44. The molecule has 2 atom stereocenters. The van der Waals surface area contributed by atoms with E-state index in [1.165, 1.54) is 0 Å². The zero-order valence-electron chi connectivity index (χ0n) is 11.5. The maximum atomic E-state index is 12.2. The lowest BCUT2D eigenvalue weighted by molar-refractivity contribution is -0.143. The van der Waals surface area contributed by atoms with Crippen molar-refractivity contribution in [3.63, 3.8) is 0 Å². The number of nitrogens with zero attached hydrogens (tertiary/aromatic N) is 2. The van der Waals surface area contributed by atoms with E-state index in [0.29, 0.717) is 18.8 Å². The maximum absolute atomic E-state index is 12.2. The number of imidazole rings is 1. The monoisotopic (exact) mass is 280 g/mol. The van der Waals surface area contributed by atoms with E-state index in [1.807, 2.05) is 6.92 Å². The molecule has 2 unspecified atom stereocenters. The highest BCUT2D eigenvalue weighted by atomic mass is 16.4. The largest absolute Gasteiger partial charge is 0.481 e. The number of carbonyl (C=O) groups excluding carboxylic acids is 1. The Labute approximate surface area is 117 Å². The van der Waals surface area contributed by atoms with Crippen molar-refractivity contribution < 1.29 is 14.7 Å². The van der Waals surface area contributed by atoms with Gasteiger partial charge in [0.1, 0.15) is 5.82 Å². The fraction of sp³-hybridized carbons (Fsp3) is 0.615. The van der Waals surface area contributed by atoms with Gasteiger partial charge in [-0.25, -0.2) is 9.78 Å². The summed E-state index contributed by atoms with van der Waals surface area (Å²) >= 11 is 0. The second-order valence-electron chi connectivity index (χ2n) is 5.01. The number of carboxylic acids is 1. The first-order valence-corrected chi connectivity index (χ1v) is 6.89. The number of nitrogens with one attached hydrogen (secondary N) is 2. The van der Waals surface area contributed by atoms with E-state index in [1.54, 1.807) is 17.3 Å². The summed E-state index contributed by atoms with van der Waals surface area (Å²) < 4.78 is 0. The van der Waals surface area contributed by atoms with Crippen molar-refractivity contribution >= 4 is 12.0 Å². The molecule has 1 fully saturated rings. The minimum absolute atomic E-state index is 0.178. The number of aliphatic carboxylic acids is 1. The molecule has 1 aliphatic rings. The molecule has 0 aromatic carbocycles. The number of H-pyrrole nitrogens is 1. The Kier molecular flexibility index (Phi) is 4.60. The van der Waals surface area contributed by atoms with Gasteiger partial charge in [0, 0.05) is 25.5 Å². The van der Waals surface area contributed by atoms with E-state index in [2.05, 4.69) is 15.3 Å². The highest BCUT2D eigenvalue weighted by Gasteiger charge is 2.29. The summed E-state index contributed by atoms with van der Waals surface area (Å²) in [6, 6.07) is -0.401. The molecule has 1 aromatic heterocycles. The van der Waals surface area contributed by atoms with Gasteiger partial charge in [0.15, 0.2) is 0 Å². The third-order valence-electron chi connectivity index (χ3n) is 3.61. The number of piperidine rings is 1. The van der Waals surface area contributed by atoms with Crippen molar-refractivity contribution in [2.24, 2.45) is 5.92 Å². The first kappa shape index (κ1) is 14.4. The molecule has 2 amide bonds. The van der Waals surface area contributed by atoms with Crippen molar-refractivity contribution in [2.45, 2.75) is 32.2 Å². The van der Waals surface area contributed by atoms with Crippen molar-refractivity contribution in [1.29, 1.82) is 0 Å². The van der Waals surface area contributed by atoms with Gasteiger partial charge in [-0.05, 0) is 19.3 Å². The first-order chi connectivity index (χ1) is 9.61. The van der Waals surface area contributed by atoms with Gasteiger partial charge >= 0.3 is 12.0 Å². The van der Waals surface area contributed by atoms with Crippen LogP contribution in [0.1, 0.15) is 38.1 Å². The van der Waals surface area contributed by atoms with E-state index in [4.69, 9.17) is 5.11 Å². The van der Waals surface area contributed by atoms with E-state index < -0.39 is 11.9 Å². The number of aromatic nitrogens is 2. The van der Waals surface area contributed by atoms with Crippen molar-refractivity contribution in [1.82, 2.24) is 20.2 Å². The lowest BCUT2D eigenvalue weighted by Crippen LogP contribution is -2.48. The average molecular weight is 280 g/mol.